The first-order valence-corrected chi connectivity index (χ1v) is 17.8. The van der Waals surface area contributed by atoms with Gasteiger partial charge in [0.2, 0.25) is 0 Å². The molecule has 2 aromatic rings. The van der Waals surface area contributed by atoms with Crippen LogP contribution in [0.2, 0.25) is 0 Å². The van der Waals surface area contributed by atoms with Crippen molar-refractivity contribution in [1.82, 2.24) is 9.47 Å². The zero-order valence-electron chi connectivity index (χ0n) is 26.8. The molecule has 2 saturated heterocycles. The van der Waals surface area contributed by atoms with Crippen LogP contribution in [-0.4, -0.2) is 39.3 Å². The van der Waals surface area contributed by atoms with Gasteiger partial charge in [-0.05, 0) is 55.7 Å². The first-order valence-electron chi connectivity index (χ1n) is 16.5. The normalized spacial score (nSPS) is 16.7. The molecule has 3 heterocycles. The quantitative estimate of drug-likeness (QED) is 0.112. The second kappa shape index (κ2) is 17.0. The number of amides is 1. The average molecular weight is 633 g/mol. The van der Waals surface area contributed by atoms with E-state index in [1.807, 2.05) is 19.1 Å². The van der Waals surface area contributed by atoms with Gasteiger partial charge in [-0.3, -0.25) is 19.1 Å². The zero-order valence-corrected chi connectivity index (χ0v) is 28.4. The summed E-state index contributed by atoms with van der Waals surface area (Å²) < 4.78 is 2.18. The van der Waals surface area contributed by atoms with E-state index in [1.165, 1.54) is 68.7 Å². The average Bonchev–Trinajstić information content (AvgIpc) is 3.29. The molecular formula is C36H48N4O2S2. The molecule has 0 bridgehead atoms. The molecular weight excluding hydrogens is 585 g/mol. The molecule has 0 spiro atoms. The summed E-state index contributed by atoms with van der Waals surface area (Å²) in [6, 6.07) is 12.7. The Morgan fingerprint density at radius 1 is 0.977 bits per heavy atom. The summed E-state index contributed by atoms with van der Waals surface area (Å²) >= 11 is 6.97. The summed E-state index contributed by atoms with van der Waals surface area (Å²) in [5.41, 5.74) is 2.58. The number of rotatable bonds is 15. The molecule has 0 atom stereocenters. The highest BCUT2D eigenvalue weighted by molar-refractivity contribution is 8.26. The number of anilines is 1. The predicted octanol–water partition coefficient (Wildman–Crippen LogP) is 8.15. The molecule has 2 aliphatic heterocycles. The smallest absolute Gasteiger partial charge is 0.270 e. The summed E-state index contributed by atoms with van der Waals surface area (Å²) in [6.45, 7) is 6.34. The van der Waals surface area contributed by atoms with E-state index in [4.69, 9.17) is 12.2 Å². The van der Waals surface area contributed by atoms with Crippen molar-refractivity contribution in [2.75, 3.05) is 24.5 Å². The van der Waals surface area contributed by atoms with Crippen molar-refractivity contribution in [1.29, 1.82) is 5.26 Å². The van der Waals surface area contributed by atoms with Crippen LogP contribution in [0.5, 0.6) is 0 Å². The second-order valence-electron chi connectivity index (χ2n) is 12.3. The maximum atomic E-state index is 13.5. The van der Waals surface area contributed by atoms with Crippen molar-refractivity contribution in [2.45, 2.75) is 97.3 Å². The molecule has 2 aliphatic rings. The fourth-order valence-electron chi connectivity index (χ4n) is 6.47. The van der Waals surface area contributed by atoms with Crippen LogP contribution >= 0.6 is 24.0 Å². The summed E-state index contributed by atoms with van der Waals surface area (Å²) in [6.07, 6.45) is 17.4. The number of hydrogen-bond acceptors (Lipinski definition) is 6. The Balaban J connectivity index is 1.43. The molecule has 6 nitrogen and oxygen atoms in total. The topological polar surface area (TPSA) is 69.3 Å². The monoisotopic (exact) mass is 632 g/mol. The van der Waals surface area contributed by atoms with Crippen LogP contribution in [-0.2, 0) is 18.3 Å². The van der Waals surface area contributed by atoms with Gasteiger partial charge in [-0.1, -0.05) is 119 Å². The number of pyridine rings is 1. The molecule has 1 amide bonds. The summed E-state index contributed by atoms with van der Waals surface area (Å²) in [5, 5.41) is 9.85. The zero-order chi connectivity index (χ0) is 31.5. The Kier molecular flexibility index (Phi) is 13.1. The molecule has 44 heavy (non-hydrogen) atoms. The fraction of sp³-hybridized carbons (Fsp3) is 0.556. The van der Waals surface area contributed by atoms with Gasteiger partial charge in [-0.2, -0.15) is 5.26 Å². The minimum absolute atomic E-state index is 0.0739. The Bertz CT molecular complexity index is 1420. The number of carbonyl (C=O) groups is 1. The van der Waals surface area contributed by atoms with Crippen molar-refractivity contribution >= 4 is 46.1 Å². The Hall–Kier alpha value is -2.89. The lowest BCUT2D eigenvalue weighted by Crippen LogP contribution is -2.39. The Morgan fingerprint density at radius 2 is 1.59 bits per heavy atom. The van der Waals surface area contributed by atoms with E-state index in [1.54, 1.807) is 16.5 Å². The first kappa shape index (κ1) is 34.0. The highest BCUT2D eigenvalue weighted by Crippen LogP contribution is 2.37. The third-order valence-electron chi connectivity index (χ3n) is 9.13. The molecule has 1 aromatic heterocycles. The summed E-state index contributed by atoms with van der Waals surface area (Å²) in [5.74, 6) is 1.29. The molecule has 0 saturated carbocycles. The van der Waals surface area contributed by atoms with Crippen LogP contribution in [0.25, 0.3) is 6.08 Å². The van der Waals surface area contributed by atoms with Crippen LogP contribution in [0.3, 0.4) is 0 Å². The van der Waals surface area contributed by atoms with Gasteiger partial charge >= 0.3 is 0 Å². The number of benzene rings is 1. The maximum Gasteiger partial charge on any atom is 0.270 e. The summed E-state index contributed by atoms with van der Waals surface area (Å²) in [7, 11) is 1.74. The summed E-state index contributed by atoms with van der Waals surface area (Å²) in [4.78, 5) is 31.3. The second-order valence-corrected chi connectivity index (χ2v) is 14.0. The lowest BCUT2D eigenvalue weighted by Gasteiger charge is -2.36. The molecule has 4 rings (SSSR count). The van der Waals surface area contributed by atoms with E-state index in [0.717, 1.165) is 56.6 Å². The van der Waals surface area contributed by atoms with Gasteiger partial charge in [0.1, 0.15) is 21.8 Å². The van der Waals surface area contributed by atoms with Crippen LogP contribution in [0.15, 0.2) is 40.0 Å². The van der Waals surface area contributed by atoms with Crippen molar-refractivity contribution in [3.05, 3.63) is 67.8 Å². The minimum atomic E-state index is -0.294. The lowest BCUT2D eigenvalue weighted by atomic mass is 9.90. The van der Waals surface area contributed by atoms with Crippen LogP contribution < -0.4 is 10.5 Å². The van der Waals surface area contributed by atoms with Crippen LogP contribution in [0, 0.1) is 24.2 Å². The SMILES string of the molecule is CCCCCCCCCCCCN1C(=O)C(=Cc2c(C)c(C#N)c(=O)n(C)c2N2CCC(Cc3ccccc3)CC2)SC1=S. The highest BCUT2D eigenvalue weighted by Gasteiger charge is 2.33. The van der Waals surface area contributed by atoms with E-state index in [0.29, 0.717) is 27.3 Å². The number of thiocarbonyl (C=S) groups is 1. The molecule has 1 aromatic carbocycles. The van der Waals surface area contributed by atoms with Gasteiger partial charge < -0.3 is 4.90 Å². The molecule has 236 valence electrons. The van der Waals surface area contributed by atoms with Gasteiger partial charge in [0.05, 0.1) is 4.91 Å². The molecule has 0 unspecified atom stereocenters. The maximum absolute atomic E-state index is 13.5. The Labute approximate surface area is 273 Å². The predicted molar refractivity (Wildman–Crippen MR) is 188 cm³/mol. The third-order valence-corrected chi connectivity index (χ3v) is 10.5. The lowest BCUT2D eigenvalue weighted by molar-refractivity contribution is -0.122. The number of piperidine rings is 1. The minimum Gasteiger partial charge on any atom is -0.357 e. The van der Waals surface area contributed by atoms with E-state index < -0.39 is 0 Å². The van der Waals surface area contributed by atoms with Gasteiger partial charge in [0.15, 0.2) is 0 Å². The third kappa shape index (κ3) is 8.63. The van der Waals surface area contributed by atoms with Gasteiger partial charge in [0.25, 0.3) is 11.5 Å². The van der Waals surface area contributed by atoms with Crippen molar-refractivity contribution < 1.29 is 4.79 Å². The number of nitriles is 1. The molecule has 0 radical (unpaired) electrons. The van der Waals surface area contributed by atoms with E-state index in [-0.39, 0.29) is 17.0 Å². The number of hydrogen-bond donors (Lipinski definition) is 0. The van der Waals surface area contributed by atoms with E-state index >= 15 is 0 Å². The Morgan fingerprint density at radius 3 is 2.20 bits per heavy atom. The van der Waals surface area contributed by atoms with Crippen molar-refractivity contribution in [2.24, 2.45) is 13.0 Å². The number of unbranched alkanes of at least 4 members (excludes halogenated alkanes) is 9. The number of aromatic nitrogens is 1. The number of nitrogens with zero attached hydrogens (tertiary/aromatic N) is 4. The fourth-order valence-corrected chi connectivity index (χ4v) is 7.76. The van der Waals surface area contributed by atoms with Crippen molar-refractivity contribution in [3.8, 4) is 6.07 Å². The number of carbonyl (C=O) groups excluding carboxylic acids is 1. The first-order chi connectivity index (χ1) is 21.3. The standard InChI is InChI=1S/C36H48N4O2S2/c1-4-5-6-7-8-9-10-11-12-16-21-40-35(42)32(44-36(40)43)25-30-27(2)31(26-37)34(41)38(3)33(30)39-22-19-29(20-23-39)24-28-17-14-13-15-18-28/h13-15,17-18,25,29H,4-12,16,19-24H2,1-3H3. The van der Waals surface area contributed by atoms with Crippen molar-refractivity contribution in [3.63, 3.8) is 0 Å². The molecule has 0 N–H and O–H groups in total. The van der Waals surface area contributed by atoms with Gasteiger partial charge in [-0.25, -0.2) is 0 Å². The van der Waals surface area contributed by atoms with Gasteiger partial charge in [-0.15, -0.1) is 0 Å². The molecule has 2 fully saturated rings. The van der Waals surface area contributed by atoms with E-state index in [9.17, 15) is 14.9 Å². The van der Waals surface area contributed by atoms with Crippen LogP contribution in [0.4, 0.5) is 5.82 Å². The number of thioether (sulfide) groups is 1. The molecule has 0 aliphatic carbocycles. The van der Waals surface area contributed by atoms with Crippen LogP contribution in [0.1, 0.15) is 106 Å². The van der Waals surface area contributed by atoms with E-state index in [2.05, 4.69) is 42.2 Å². The largest absolute Gasteiger partial charge is 0.357 e. The molecule has 8 heteroatoms. The highest BCUT2D eigenvalue weighted by atomic mass is 32.2. The van der Waals surface area contributed by atoms with Gasteiger partial charge in [0, 0.05) is 32.2 Å².